The van der Waals surface area contributed by atoms with E-state index in [1.165, 1.54) is 0 Å². The van der Waals surface area contributed by atoms with Crippen molar-refractivity contribution in [2.45, 2.75) is 6.54 Å². The van der Waals surface area contributed by atoms with E-state index in [4.69, 9.17) is 4.52 Å². The van der Waals surface area contributed by atoms with Crippen molar-refractivity contribution in [3.8, 4) is 0 Å². The Morgan fingerprint density at radius 1 is 1.43 bits per heavy atom. The maximum absolute atomic E-state index is 4.94. The molecule has 0 aliphatic rings. The van der Waals surface area contributed by atoms with Gasteiger partial charge in [-0.1, -0.05) is 5.16 Å². The summed E-state index contributed by atoms with van der Waals surface area (Å²) in [5.74, 6) is 0.796. The summed E-state index contributed by atoms with van der Waals surface area (Å²) in [6.07, 6.45) is 5.11. The first kappa shape index (κ1) is 9.21. The summed E-state index contributed by atoms with van der Waals surface area (Å²) in [5, 5.41) is 6.77. The number of aromatic nitrogens is 2. The van der Waals surface area contributed by atoms with Gasteiger partial charge in [0.25, 0.3) is 0 Å². The minimum atomic E-state index is 0.609. The molecule has 0 saturated heterocycles. The van der Waals surface area contributed by atoms with Crippen molar-refractivity contribution in [3.63, 3.8) is 0 Å². The molecule has 0 radical (unpaired) electrons. The summed E-state index contributed by atoms with van der Waals surface area (Å²) < 4.78 is 5.89. The number of hydrogen-bond acceptors (Lipinski definition) is 4. The fourth-order valence-corrected chi connectivity index (χ4v) is 1.40. The van der Waals surface area contributed by atoms with E-state index in [0.29, 0.717) is 6.54 Å². The fraction of sp³-hybridized carbons (Fsp3) is 0.111. The Bertz CT molecular complexity index is 402. The molecule has 2 rings (SSSR count). The molecule has 1 N–H and O–H groups in total. The van der Waals surface area contributed by atoms with Crippen LogP contribution in [0.1, 0.15) is 5.76 Å². The van der Waals surface area contributed by atoms with Crippen molar-refractivity contribution >= 4 is 21.6 Å². The molecule has 0 aliphatic carbocycles. The third-order valence-corrected chi connectivity index (χ3v) is 2.10. The average Bonchev–Trinajstić information content (AvgIpc) is 2.67. The Hall–Kier alpha value is -1.36. The van der Waals surface area contributed by atoms with E-state index in [9.17, 15) is 0 Å². The van der Waals surface area contributed by atoms with Gasteiger partial charge in [-0.15, -0.1) is 0 Å². The van der Waals surface area contributed by atoms with Crippen molar-refractivity contribution in [1.29, 1.82) is 0 Å². The predicted molar refractivity (Wildman–Crippen MR) is 55.8 cm³/mol. The summed E-state index contributed by atoms with van der Waals surface area (Å²) in [5.41, 5.74) is 0.941. The van der Waals surface area contributed by atoms with Crippen LogP contribution >= 0.6 is 15.9 Å². The van der Waals surface area contributed by atoms with Crippen molar-refractivity contribution in [1.82, 2.24) is 10.1 Å². The van der Waals surface area contributed by atoms with Gasteiger partial charge in [-0.2, -0.15) is 0 Å². The number of anilines is 1. The highest BCUT2D eigenvalue weighted by Gasteiger charge is 1.97. The van der Waals surface area contributed by atoms with E-state index < -0.39 is 0 Å². The number of rotatable bonds is 3. The molecule has 0 aromatic carbocycles. The molecule has 4 nitrogen and oxygen atoms in total. The number of halogens is 1. The molecule has 0 atom stereocenters. The number of nitrogens with zero attached hydrogens (tertiary/aromatic N) is 2. The largest absolute Gasteiger partial charge is 0.376 e. The molecule has 2 aromatic heterocycles. The second-order valence-electron chi connectivity index (χ2n) is 2.72. The van der Waals surface area contributed by atoms with Crippen LogP contribution in [0.15, 0.2) is 39.7 Å². The van der Waals surface area contributed by atoms with E-state index in [0.717, 1.165) is 15.9 Å². The molecule has 0 aliphatic heterocycles. The summed E-state index contributed by atoms with van der Waals surface area (Å²) >= 11 is 3.34. The summed E-state index contributed by atoms with van der Waals surface area (Å²) in [6, 6.07) is 3.77. The first-order valence-electron chi connectivity index (χ1n) is 4.08. The van der Waals surface area contributed by atoms with Crippen LogP contribution in [0.25, 0.3) is 0 Å². The number of hydrogen-bond donors (Lipinski definition) is 1. The molecular formula is C9H8BrN3O. The Labute approximate surface area is 89.5 Å². The lowest BCUT2D eigenvalue weighted by Crippen LogP contribution is -1.98. The van der Waals surface area contributed by atoms with Crippen LogP contribution in [-0.2, 0) is 6.54 Å². The van der Waals surface area contributed by atoms with Crippen LogP contribution in [0, 0.1) is 0 Å². The van der Waals surface area contributed by atoms with Crippen LogP contribution in [-0.4, -0.2) is 10.1 Å². The molecule has 0 saturated carbocycles. The highest BCUT2D eigenvalue weighted by molar-refractivity contribution is 9.10. The summed E-state index contributed by atoms with van der Waals surface area (Å²) in [4.78, 5) is 4.03. The second-order valence-corrected chi connectivity index (χ2v) is 3.64. The molecule has 0 fully saturated rings. The van der Waals surface area contributed by atoms with Gasteiger partial charge < -0.3 is 9.84 Å². The topological polar surface area (TPSA) is 51.0 Å². The smallest absolute Gasteiger partial charge is 0.155 e. The predicted octanol–water partition coefficient (Wildman–Crippen LogP) is 2.44. The van der Waals surface area contributed by atoms with Crippen LogP contribution in [0.3, 0.4) is 0 Å². The van der Waals surface area contributed by atoms with Crippen LogP contribution < -0.4 is 5.32 Å². The minimum absolute atomic E-state index is 0.609. The fourth-order valence-electron chi connectivity index (χ4n) is 1.03. The lowest BCUT2D eigenvalue weighted by molar-refractivity contribution is 0.388. The van der Waals surface area contributed by atoms with Crippen molar-refractivity contribution in [2.24, 2.45) is 0 Å². The zero-order valence-corrected chi connectivity index (χ0v) is 8.86. The first-order valence-corrected chi connectivity index (χ1v) is 4.88. The molecule has 0 spiro atoms. The van der Waals surface area contributed by atoms with Gasteiger partial charge in [-0.25, -0.2) is 0 Å². The Morgan fingerprint density at radius 2 is 2.36 bits per heavy atom. The highest BCUT2D eigenvalue weighted by Crippen LogP contribution is 2.14. The summed E-state index contributed by atoms with van der Waals surface area (Å²) in [7, 11) is 0. The number of nitrogens with one attached hydrogen (secondary N) is 1. The molecule has 14 heavy (non-hydrogen) atoms. The minimum Gasteiger partial charge on any atom is -0.376 e. The zero-order chi connectivity index (χ0) is 9.80. The SMILES string of the molecule is Brc1cncc(NCc2ccno2)c1. The maximum Gasteiger partial charge on any atom is 0.155 e. The zero-order valence-electron chi connectivity index (χ0n) is 7.27. The normalized spacial score (nSPS) is 10.1. The van der Waals surface area contributed by atoms with Crippen LogP contribution in [0.5, 0.6) is 0 Å². The van der Waals surface area contributed by atoms with Gasteiger partial charge in [-0.3, -0.25) is 4.98 Å². The average molecular weight is 254 g/mol. The van der Waals surface area contributed by atoms with Gasteiger partial charge >= 0.3 is 0 Å². The standard InChI is InChI=1S/C9H8BrN3O/c10-7-3-8(5-11-4-7)12-6-9-1-2-13-14-9/h1-5,12H,6H2. The molecule has 2 heterocycles. The van der Waals surface area contributed by atoms with Crippen molar-refractivity contribution in [3.05, 3.63) is 41.0 Å². The lowest BCUT2D eigenvalue weighted by Gasteiger charge is -2.02. The Balaban J connectivity index is 1.98. The van der Waals surface area contributed by atoms with Crippen molar-refractivity contribution in [2.75, 3.05) is 5.32 Å². The Kier molecular flexibility index (Phi) is 2.78. The third kappa shape index (κ3) is 2.32. The molecule has 0 bridgehead atoms. The molecule has 0 amide bonds. The molecular weight excluding hydrogens is 246 g/mol. The van der Waals surface area contributed by atoms with E-state index in [1.807, 2.05) is 12.1 Å². The van der Waals surface area contributed by atoms with Gasteiger partial charge in [0, 0.05) is 16.7 Å². The lowest BCUT2D eigenvalue weighted by atomic mass is 10.4. The maximum atomic E-state index is 4.94. The molecule has 2 aromatic rings. The van der Waals surface area contributed by atoms with E-state index in [-0.39, 0.29) is 0 Å². The molecule has 0 unspecified atom stereocenters. The van der Waals surface area contributed by atoms with Gasteiger partial charge in [0.15, 0.2) is 5.76 Å². The van der Waals surface area contributed by atoms with Crippen molar-refractivity contribution < 1.29 is 4.52 Å². The van der Waals surface area contributed by atoms with E-state index >= 15 is 0 Å². The van der Waals surface area contributed by atoms with Gasteiger partial charge in [0.05, 0.1) is 24.6 Å². The molecule has 5 heteroatoms. The van der Waals surface area contributed by atoms with E-state index in [1.54, 1.807) is 18.6 Å². The van der Waals surface area contributed by atoms with Crippen LogP contribution in [0.2, 0.25) is 0 Å². The van der Waals surface area contributed by atoms with Gasteiger partial charge in [-0.05, 0) is 22.0 Å². The molecule has 72 valence electrons. The quantitative estimate of drug-likeness (QED) is 0.913. The van der Waals surface area contributed by atoms with Gasteiger partial charge in [0.1, 0.15) is 0 Å². The Morgan fingerprint density at radius 3 is 3.07 bits per heavy atom. The third-order valence-electron chi connectivity index (χ3n) is 1.66. The van der Waals surface area contributed by atoms with E-state index in [2.05, 4.69) is 31.4 Å². The first-order chi connectivity index (χ1) is 6.84. The number of pyridine rings is 1. The second kappa shape index (κ2) is 4.23. The summed E-state index contributed by atoms with van der Waals surface area (Å²) in [6.45, 7) is 0.609. The van der Waals surface area contributed by atoms with Gasteiger partial charge in [0.2, 0.25) is 0 Å². The van der Waals surface area contributed by atoms with Crippen LogP contribution in [0.4, 0.5) is 5.69 Å². The monoisotopic (exact) mass is 253 g/mol. The highest BCUT2D eigenvalue weighted by atomic mass is 79.9.